The Bertz CT molecular complexity index is 646. The SMILES string of the molecule is Cl.O=C(CCN1CCNCC1c1cccc(Cl)c1)NC(=O)NCC(F)(F)F. The fraction of sp³-hybridized carbons (Fsp3) is 0.500. The van der Waals surface area contributed by atoms with Gasteiger partial charge in [0, 0.05) is 43.7 Å². The third-order valence-electron chi connectivity index (χ3n) is 3.92. The molecule has 1 aliphatic rings. The Labute approximate surface area is 166 Å². The zero-order valence-electron chi connectivity index (χ0n) is 14.3. The van der Waals surface area contributed by atoms with E-state index < -0.39 is 24.7 Å². The molecule has 1 fully saturated rings. The predicted molar refractivity (Wildman–Crippen MR) is 98.1 cm³/mol. The molecule has 2 rings (SSSR count). The molecule has 1 unspecified atom stereocenters. The highest BCUT2D eigenvalue weighted by atomic mass is 35.5. The normalized spacial score (nSPS) is 17.7. The molecule has 0 aliphatic carbocycles. The lowest BCUT2D eigenvalue weighted by Crippen LogP contribution is -2.48. The molecule has 1 aromatic carbocycles. The van der Waals surface area contributed by atoms with Crippen LogP contribution < -0.4 is 16.0 Å². The Morgan fingerprint density at radius 3 is 2.74 bits per heavy atom. The maximum Gasteiger partial charge on any atom is 0.405 e. The Balaban J connectivity index is 0.00000364. The van der Waals surface area contributed by atoms with Gasteiger partial charge in [-0.15, -0.1) is 12.4 Å². The first kappa shape index (κ1) is 23.5. The van der Waals surface area contributed by atoms with Crippen LogP contribution in [0.3, 0.4) is 0 Å². The summed E-state index contributed by atoms with van der Waals surface area (Å²) in [5, 5.41) is 7.40. The van der Waals surface area contributed by atoms with Gasteiger partial charge in [-0.1, -0.05) is 23.7 Å². The van der Waals surface area contributed by atoms with E-state index in [-0.39, 0.29) is 24.9 Å². The van der Waals surface area contributed by atoms with Gasteiger partial charge in [-0.2, -0.15) is 13.2 Å². The summed E-state index contributed by atoms with van der Waals surface area (Å²) in [5.74, 6) is -0.631. The number of piperazine rings is 1. The molecule has 0 saturated carbocycles. The molecule has 11 heteroatoms. The average molecular weight is 429 g/mol. The van der Waals surface area contributed by atoms with Crippen molar-refractivity contribution in [1.29, 1.82) is 0 Å². The number of imide groups is 1. The molecule has 3 amide bonds. The summed E-state index contributed by atoms with van der Waals surface area (Å²) >= 11 is 6.03. The molecule has 1 aliphatic heterocycles. The summed E-state index contributed by atoms with van der Waals surface area (Å²) in [6.07, 6.45) is -4.53. The zero-order valence-corrected chi connectivity index (χ0v) is 15.9. The number of hydrogen-bond acceptors (Lipinski definition) is 4. The van der Waals surface area contributed by atoms with Crippen LogP contribution in [0.2, 0.25) is 5.02 Å². The summed E-state index contributed by atoms with van der Waals surface area (Å²) in [4.78, 5) is 25.2. The predicted octanol–water partition coefficient (Wildman–Crippen LogP) is 2.49. The van der Waals surface area contributed by atoms with E-state index in [9.17, 15) is 22.8 Å². The first-order valence-electron chi connectivity index (χ1n) is 8.09. The quantitative estimate of drug-likeness (QED) is 0.673. The van der Waals surface area contributed by atoms with E-state index in [1.807, 2.05) is 23.5 Å². The largest absolute Gasteiger partial charge is 0.405 e. The molecular weight excluding hydrogens is 408 g/mol. The lowest BCUT2D eigenvalue weighted by Gasteiger charge is -2.36. The van der Waals surface area contributed by atoms with Crippen LogP contribution >= 0.6 is 24.0 Å². The van der Waals surface area contributed by atoms with Crippen LogP contribution in [0.4, 0.5) is 18.0 Å². The van der Waals surface area contributed by atoms with Crippen LogP contribution in [-0.4, -0.2) is 55.7 Å². The number of carbonyl (C=O) groups is 2. The van der Waals surface area contributed by atoms with Gasteiger partial charge < -0.3 is 10.6 Å². The molecule has 0 spiro atoms. The van der Waals surface area contributed by atoms with Crippen molar-refractivity contribution in [3.63, 3.8) is 0 Å². The molecule has 1 atom stereocenters. The van der Waals surface area contributed by atoms with Crippen molar-refractivity contribution in [1.82, 2.24) is 20.9 Å². The van der Waals surface area contributed by atoms with Crippen molar-refractivity contribution in [2.24, 2.45) is 0 Å². The van der Waals surface area contributed by atoms with Crippen molar-refractivity contribution in [3.05, 3.63) is 34.9 Å². The van der Waals surface area contributed by atoms with Gasteiger partial charge in [-0.3, -0.25) is 15.0 Å². The molecule has 6 nitrogen and oxygen atoms in total. The maximum atomic E-state index is 12.0. The number of hydrogen-bond donors (Lipinski definition) is 3. The highest BCUT2D eigenvalue weighted by Gasteiger charge is 2.28. The van der Waals surface area contributed by atoms with E-state index in [1.54, 1.807) is 11.4 Å². The molecule has 27 heavy (non-hydrogen) atoms. The summed E-state index contributed by atoms with van der Waals surface area (Å²) in [5.41, 5.74) is 1.01. The molecule has 0 radical (unpaired) electrons. The van der Waals surface area contributed by atoms with Crippen molar-refractivity contribution >= 4 is 35.9 Å². The first-order valence-corrected chi connectivity index (χ1v) is 8.47. The van der Waals surface area contributed by atoms with E-state index in [2.05, 4.69) is 10.2 Å². The topological polar surface area (TPSA) is 73.5 Å². The first-order chi connectivity index (χ1) is 12.2. The minimum absolute atomic E-state index is 0. The second kappa shape index (κ2) is 10.7. The molecule has 152 valence electrons. The zero-order chi connectivity index (χ0) is 19.2. The third-order valence-corrected chi connectivity index (χ3v) is 4.15. The Kier molecular flexibility index (Phi) is 9.31. The summed E-state index contributed by atoms with van der Waals surface area (Å²) in [6, 6.07) is 6.30. The highest BCUT2D eigenvalue weighted by molar-refractivity contribution is 6.30. The van der Waals surface area contributed by atoms with E-state index >= 15 is 0 Å². The Morgan fingerprint density at radius 1 is 1.33 bits per heavy atom. The molecule has 1 heterocycles. The van der Waals surface area contributed by atoms with Crippen LogP contribution in [-0.2, 0) is 4.79 Å². The fourth-order valence-corrected chi connectivity index (χ4v) is 2.91. The minimum Gasteiger partial charge on any atom is -0.329 e. The number of benzene rings is 1. The number of nitrogens with zero attached hydrogens (tertiary/aromatic N) is 1. The molecule has 3 N–H and O–H groups in total. The van der Waals surface area contributed by atoms with Crippen LogP contribution in [0, 0.1) is 0 Å². The average Bonchev–Trinajstić information content (AvgIpc) is 2.58. The van der Waals surface area contributed by atoms with Crippen LogP contribution in [0.15, 0.2) is 24.3 Å². The summed E-state index contributed by atoms with van der Waals surface area (Å²) in [7, 11) is 0. The van der Waals surface area contributed by atoms with Gasteiger partial charge in [0.2, 0.25) is 5.91 Å². The number of alkyl halides is 3. The lowest BCUT2D eigenvalue weighted by atomic mass is 10.0. The summed E-state index contributed by atoms with van der Waals surface area (Å²) in [6.45, 7) is 1.03. The van der Waals surface area contributed by atoms with Crippen LogP contribution in [0.5, 0.6) is 0 Å². The van der Waals surface area contributed by atoms with Crippen LogP contribution in [0.1, 0.15) is 18.0 Å². The molecule has 1 saturated heterocycles. The molecular formula is C16H21Cl2F3N4O2. The number of rotatable bonds is 5. The van der Waals surface area contributed by atoms with Gasteiger partial charge in [-0.25, -0.2) is 4.79 Å². The number of carbonyl (C=O) groups excluding carboxylic acids is 2. The van der Waals surface area contributed by atoms with Gasteiger partial charge >= 0.3 is 12.2 Å². The number of amides is 3. The van der Waals surface area contributed by atoms with Gasteiger partial charge in [0.15, 0.2) is 0 Å². The van der Waals surface area contributed by atoms with Gasteiger partial charge in [0.05, 0.1) is 0 Å². The maximum absolute atomic E-state index is 12.0. The third kappa shape index (κ3) is 8.34. The fourth-order valence-electron chi connectivity index (χ4n) is 2.72. The highest BCUT2D eigenvalue weighted by Crippen LogP contribution is 2.24. The second-order valence-electron chi connectivity index (χ2n) is 5.91. The van der Waals surface area contributed by atoms with E-state index in [1.165, 1.54) is 0 Å². The van der Waals surface area contributed by atoms with Crippen LogP contribution in [0.25, 0.3) is 0 Å². The number of urea groups is 1. The van der Waals surface area contributed by atoms with E-state index in [0.717, 1.165) is 12.1 Å². The number of nitrogens with one attached hydrogen (secondary N) is 3. The lowest BCUT2D eigenvalue weighted by molar-refractivity contribution is -0.124. The summed E-state index contributed by atoms with van der Waals surface area (Å²) < 4.78 is 36.1. The van der Waals surface area contributed by atoms with E-state index in [4.69, 9.17) is 11.6 Å². The minimum atomic E-state index is -4.52. The van der Waals surface area contributed by atoms with E-state index in [0.29, 0.717) is 24.7 Å². The Morgan fingerprint density at radius 2 is 2.07 bits per heavy atom. The van der Waals surface area contributed by atoms with Gasteiger partial charge in [0.1, 0.15) is 6.54 Å². The molecule has 0 aromatic heterocycles. The second-order valence-corrected chi connectivity index (χ2v) is 6.34. The smallest absolute Gasteiger partial charge is 0.329 e. The molecule has 0 bridgehead atoms. The Hall–Kier alpha value is -1.55. The van der Waals surface area contributed by atoms with Crippen molar-refractivity contribution < 1.29 is 22.8 Å². The van der Waals surface area contributed by atoms with Crippen molar-refractivity contribution in [2.45, 2.75) is 18.6 Å². The van der Waals surface area contributed by atoms with Crippen molar-refractivity contribution in [2.75, 3.05) is 32.7 Å². The van der Waals surface area contributed by atoms with Gasteiger partial charge in [-0.05, 0) is 17.7 Å². The van der Waals surface area contributed by atoms with Gasteiger partial charge in [0.25, 0.3) is 0 Å². The monoisotopic (exact) mass is 428 g/mol. The standard InChI is InChI=1S/C16H20ClF3N4O2.ClH/c17-12-3-1-2-11(8-12)13-9-21-5-7-24(13)6-4-14(25)23-15(26)22-10-16(18,19)20;/h1-3,8,13,21H,4-7,9-10H2,(H2,22,23,25,26);1H. The number of halogens is 5. The molecule has 1 aromatic rings. The van der Waals surface area contributed by atoms with Crippen molar-refractivity contribution in [3.8, 4) is 0 Å².